The van der Waals surface area contributed by atoms with E-state index in [9.17, 15) is 20.4 Å². The van der Waals surface area contributed by atoms with E-state index in [1.807, 2.05) is 267 Å². The van der Waals surface area contributed by atoms with Crippen LogP contribution in [0.5, 0.6) is 69.0 Å². The maximum absolute atomic E-state index is 13.7. The summed E-state index contributed by atoms with van der Waals surface area (Å²) >= 11 is 0. The number of phenols is 2. The lowest BCUT2D eigenvalue weighted by molar-refractivity contribution is -0.368. The van der Waals surface area contributed by atoms with Gasteiger partial charge in [-0.1, -0.05) is 241 Å². The molecule has 8 bridgehead atoms. The number of benzene rings is 12. The summed E-state index contributed by atoms with van der Waals surface area (Å²) in [4.78, 5) is 0. The molecule has 0 radical (unpaired) electrons. The fraction of sp³-hybridized carbons (Fsp3) is 0.280. The Kier molecular flexibility index (Phi) is 34.0. The number of para-hydroxylation sites is 12. The molecule has 16 nitrogen and oxygen atoms in total. The standard InChI is InChI=1S/2C46H44O6.2C4H12N2/c2*47-45-37-17-9-18-38(45)30-34-14-2-6-22-42(34)51-27-12-28-52-44-24-8-4-16-36(44)32-40-20-10-19-39(46(40)48)31-35-15-3-7-23-43(35)50-26-11-25-49-41-21-5-1-13-33(41)29-37;2*5-3-1-2-4-6/h2*1-10,13-24,47-48H,11-12,25-32H2;2*1-6H2. The number of quaternary nitrogens is 2. The van der Waals surface area contributed by atoms with Gasteiger partial charge in [-0.3, -0.25) is 0 Å². The molecule has 0 spiro atoms. The monoisotopic (exact) mass is 1560 g/mol. The maximum Gasteiger partial charge on any atom is 0.122 e. The molecule has 0 aromatic heterocycles. The van der Waals surface area contributed by atoms with Gasteiger partial charge in [0.15, 0.2) is 0 Å². The first kappa shape index (κ1) is 85.0. The third-order valence-electron chi connectivity index (χ3n) is 20.2. The Balaban J connectivity index is 0.000000200. The summed E-state index contributed by atoms with van der Waals surface area (Å²) in [6.45, 7) is 7.43. The topological polar surface area (TPSA) is 268 Å². The number of phenolic OH excluding ortho intramolecular Hbond substituents is 2. The Morgan fingerprint density at radius 3 is 0.543 bits per heavy atom. The second-order valence-corrected chi connectivity index (χ2v) is 28.8. The molecule has 12 aromatic carbocycles. The van der Waals surface area contributed by atoms with Gasteiger partial charge in [0.05, 0.1) is 65.9 Å². The summed E-state index contributed by atoms with van der Waals surface area (Å²) in [5.74, 6) is 6.86. The maximum atomic E-state index is 13.7. The van der Waals surface area contributed by atoms with Crippen molar-refractivity contribution in [2.24, 2.45) is 11.5 Å². The summed E-state index contributed by atoms with van der Waals surface area (Å²) in [5.41, 5.74) is 31.8. The van der Waals surface area contributed by atoms with Gasteiger partial charge in [0.2, 0.25) is 0 Å². The van der Waals surface area contributed by atoms with E-state index in [1.54, 1.807) is 0 Å². The molecule has 0 unspecified atom stereocenters. The van der Waals surface area contributed by atoms with E-state index >= 15 is 0 Å². The largest absolute Gasteiger partial charge is 0.872 e. The predicted octanol–water partition coefficient (Wildman–Crippen LogP) is 15.6. The fourth-order valence-electron chi connectivity index (χ4n) is 14.0. The van der Waals surface area contributed by atoms with Crippen LogP contribution in [0.25, 0.3) is 0 Å². The second kappa shape index (κ2) is 46.4. The molecule has 2 aliphatic rings. The first-order valence-electron chi connectivity index (χ1n) is 40.9. The molecule has 116 heavy (non-hydrogen) atoms. The van der Waals surface area contributed by atoms with Gasteiger partial charge in [-0.25, -0.2) is 0 Å². The first-order chi connectivity index (χ1) is 57.1. The summed E-state index contributed by atoms with van der Waals surface area (Å²) in [6, 6.07) is 86.9. The first-order valence-corrected chi connectivity index (χ1v) is 40.9. The highest BCUT2D eigenvalue weighted by Crippen LogP contribution is 2.37. The molecule has 0 aliphatic carbocycles. The van der Waals surface area contributed by atoms with Crippen molar-refractivity contribution in [2.45, 2.75) is 103 Å². The minimum atomic E-state index is 0.0367. The Morgan fingerprint density at radius 2 is 0.379 bits per heavy atom. The minimum Gasteiger partial charge on any atom is -0.872 e. The molecule has 14 rings (SSSR count). The van der Waals surface area contributed by atoms with Crippen molar-refractivity contribution < 1.29 is 69.8 Å². The number of hydrogen-bond acceptors (Lipinski definition) is 14. The van der Waals surface area contributed by atoms with E-state index in [-0.39, 0.29) is 11.5 Å². The fourth-order valence-corrected chi connectivity index (χ4v) is 14.0. The van der Waals surface area contributed by atoms with Gasteiger partial charge in [0.1, 0.15) is 57.5 Å². The van der Waals surface area contributed by atoms with Crippen LogP contribution in [0.1, 0.15) is 140 Å². The summed E-state index contributed by atoms with van der Waals surface area (Å²) in [6.07, 6.45) is 11.3. The highest BCUT2D eigenvalue weighted by molar-refractivity contribution is 5.54. The van der Waals surface area contributed by atoms with E-state index < -0.39 is 0 Å². The summed E-state index contributed by atoms with van der Waals surface area (Å²) in [5, 5.41) is 50.4. The Bertz CT molecular complexity index is 4090. The summed E-state index contributed by atoms with van der Waals surface area (Å²) < 4.78 is 50.0. The van der Waals surface area contributed by atoms with Crippen LogP contribution in [0.15, 0.2) is 267 Å². The van der Waals surface area contributed by atoms with Crippen molar-refractivity contribution in [1.29, 1.82) is 0 Å². The second-order valence-electron chi connectivity index (χ2n) is 28.8. The van der Waals surface area contributed by atoms with Gasteiger partial charge in [-0.05, 0) is 154 Å². The third kappa shape index (κ3) is 25.5. The molecule has 16 heteroatoms. The Morgan fingerprint density at radius 1 is 0.224 bits per heavy atom. The lowest BCUT2D eigenvalue weighted by atomic mass is 9.97. The molecule has 12 N–H and O–H groups in total. The molecule has 0 amide bonds. The average molecular weight is 1560 g/mol. The van der Waals surface area contributed by atoms with Gasteiger partial charge in [-0.15, -0.1) is 11.5 Å². The van der Waals surface area contributed by atoms with E-state index in [4.69, 9.17) is 49.4 Å². The third-order valence-corrected chi connectivity index (χ3v) is 20.2. The predicted molar refractivity (Wildman–Crippen MR) is 456 cm³/mol. The van der Waals surface area contributed by atoms with E-state index in [1.165, 1.54) is 12.8 Å². The van der Waals surface area contributed by atoms with Crippen LogP contribution >= 0.6 is 0 Å². The van der Waals surface area contributed by atoms with Crippen molar-refractivity contribution in [1.82, 2.24) is 0 Å². The molecular formula is C100H112N4O12. The quantitative estimate of drug-likeness (QED) is 0.0846. The molecule has 0 saturated heterocycles. The van der Waals surface area contributed by atoms with E-state index in [0.29, 0.717) is 141 Å². The molecule has 2 heterocycles. The van der Waals surface area contributed by atoms with Gasteiger partial charge in [-0.2, -0.15) is 0 Å². The number of hydrogen-bond donors (Lipinski definition) is 6. The number of unbranched alkanes of at least 4 members (excludes halogenated alkanes) is 2. The summed E-state index contributed by atoms with van der Waals surface area (Å²) in [7, 11) is 0. The van der Waals surface area contributed by atoms with Gasteiger partial charge in [0, 0.05) is 77.0 Å². The van der Waals surface area contributed by atoms with Gasteiger partial charge >= 0.3 is 0 Å². The zero-order valence-corrected chi connectivity index (χ0v) is 66.7. The van der Waals surface area contributed by atoms with E-state index in [2.05, 4.69) is 11.5 Å². The molecule has 0 fully saturated rings. The molecule has 2 aliphatic heterocycles. The smallest absolute Gasteiger partial charge is 0.122 e. The van der Waals surface area contributed by atoms with Crippen LogP contribution in [-0.2, 0) is 51.4 Å². The van der Waals surface area contributed by atoms with Crippen molar-refractivity contribution in [3.63, 3.8) is 0 Å². The van der Waals surface area contributed by atoms with Crippen molar-refractivity contribution in [3.05, 3.63) is 356 Å². The Labute approximate surface area is 684 Å². The van der Waals surface area contributed by atoms with Crippen LogP contribution in [-0.4, -0.2) is 89.2 Å². The zero-order chi connectivity index (χ0) is 80.7. The van der Waals surface area contributed by atoms with Crippen molar-refractivity contribution >= 4 is 0 Å². The number of ether oxygens (including phenoxy) is 8. The van der Waals surface area contributed by atoms with Crippen molar-refractivity contribution in [3.8, 4) is 69.0 Å². The highest BCUT2D eigenvalue weighted by Gasteiger charge is 2.19. The van der Waals surface area contributed by atoms with Crippen molar-refractivity contribution in [2.75, 3.05) is 79.0 Å². The van der Waals surface area contributed by atoms with Crippen LogP contribution < -0.4 is 71.0 Å². The normalized spacial score (nSPS) is 13.6. The van der Waals surface area contributed by atoms with Crippen LogP contribution in [0.3, 0.4) is 0 Å². The van der Waals surface area contributed by atoms with Gasteiger partial charge < -0.3 is 81.3 Å². The number of fused-ring (bicyclic) bond motifs is 16. The number of nitrogens with two attached hydrogens (primary N) is 2. The minimum absolute atomic E-state index is 0.0367. The molecule has 0 atom stereocenters. The van der Waals surface area contributed by atoms with Crippen LogP contribution in [0, 0.1) is 0 Å². The number of aromatic hydroxyl groups is 2. The zero-order valence-electron chi connectivity index (χ0n) is 66.7. The lowest BCUT2D eigenvalue weighted by Gasteiger charge is -2.21. The molecule has 604 valence electrons. The highest BCUT2D eigenvalue weighted by atomic mass is 16.5. The van der Waals surface area contributed by atoms with Crippen LogP contribution in [0.4, 0.5) is 0 Å². The molecular weight excluding hydrogens is 1450 g/mol. The number of rotatable bonds is 6. The van der Waals surface area contributed by atoms with Gasteiger partial charge in [0.25, 0.3) is 0 Å². The Hall–Kier alpha value is -11.9. The molecule has 12 aromatic rings. The van der Waals surface area contributed by atoms with E-state index in [0.717, 1.165) is 174 Å². The lowest BCUT2D eigenvalue weighted by Crippen LogP contribution is -2.50. The SMILES string of the molecule is NCCCC[NH3+].NCCCC[NH3+].Oc1c2cccc1Cc1ccccc1OCCCOc1ccccc1Cc1cccc(c1O)Cc1ccccc1OCCCOc1ccccc1C2.[O-]c1c2cccc1Cc1ccccc1OCCCOc1ccccc1Cc1cccc(c1[O-])Cc1ccccc1OCCCOc1ccccc1C2. The molecule has 0 saturated carbocycles. The van der Waals surface area contributed by atoms with Crippen LogP contribution in [0.2, 0.25) is 0 Å². The average Bonchev–Trinajstić information content (AvgIpc) is 0.834.